The van der Waals surface area contributed by atoms with E-state index in [1.807, 2.05) is 24.6 Å². The van der Waals surface area contributed by atoms with Crippen molar-refractivity contribution in [1.29, 1.82) is 0 Å². The lowest BCUT2D eigenvalue weighted by atomic mass is 10.2. The van der Waals surface area contributed by atoms with Crippen LogP contribution in [0.2, 0.25) is 5.02 Å². The summed E-state index contributed by atoms with van der Waals surface area (Å²) in [5, 5.41) is 4.77. The van der Waals surface area contributed by atoms with Crippen molar-refractivity contribution in [3.8, 4) is 5.95 Å². The fourth-order valence-corrected chi connectivity index (χ4v) is 3.94. The Hall–Kier alpha value is -2.51. The van der Waals surface area contributed by atoms with E-state index < -0.39 is 0 Å². The first-order chi connectivity index (χ1) is 12.5. The third-order valence-corrected chi connectivity index (χ3v) is 5.64. The number of rotatable bonds is 4. The van der Waals surface area contributed by atoms with Gasteiger partial charge in [0.1, 0.15) is 22.3 Å². The molecule has 0 fully saturated rings. The maximum absolute atomic E-state index is 13.1. The molecule has 4 aromatic rings. The van der Waals surface area contributed by atoms with Gasteiger partial charge in [-0.15, -0.1) is 11.3 Å². The van der Waals surface area contributed by atoms with E-state index in [1.54, 1.807) is 18.3 Å². The molecular formula is C18H15ClFN5S. The minimum absolute atomic E-state index is 0.257. The number of hydrogen-bond donors (Lipinski definition) is 1. The van der Waals surface area contributed by atoms with Crippen molar-refractivity contribution in [3.63, 3.8) is 0 Å². The average molecular weight is 388 g/mol. The van der Waals surface area contributed by atoms with Crippen LogP contribution in [0.1, 0.15) is 16.3 Å². The van der Waals surface area contributed by atoms with E-state index >= 15 is 0 Å². The molecule has 8 heteroatoms. The van der Waals surface area contributed by atoms with E-state index in [2.05, 4.69) is 20.3 Å². The summed E-state index contributed by atoms with van der Waals surface area (Å²) in [6.07, 6.45) is 3.53. The highest BCUT2D eigenvalue weighted by atomic mass is 35.5. The molecule has 0 aliphatic carbocycles. The lowest BCUT2D eigenvalue weighted by Crippen LogP contribution is -2.07. The summed E-state index contributed by atoms with van der Waals surface area (Å²) in [6, 6.07) is 6.35. The van der Waals surface area contributed by atoms with Crippen LogP contribution in [0.3, 0.4) is 0 Å². The van der Waals surface area contributed by atoms with Gasteiger partial charge in [0, 0.05) is 23.8 Å². The molecule has 4 rings (SSSR count). The van der Waals surface area contributed by atoms with Gasteiger partial charge >= 0.3 is 0 Å². The summed E-state index contributed by atoms with van der Waals surface area (Å²) < 4.78 is 14.9. The van der Waals surface area contributed by atoms with Crippen molar-refractivity contribution < 1.29 is 4.39 Å². The Balaban J connectivity index is 1.78. The first-order valence-corrected chi connectivity index (χ1v) is 9.17. The molecule has 1 aromatic carbocycles. The van der Waals surface area contributed by atoms with Gasteiger partial charge < -0.3 is 5.32 Å². The van der Waals surface area contributed by atoms with E-state index in [0.717, 1.165) is 26.5 Å². The van der Waals surface area contributed by atoms with Crippen LogP contribution < -0.4 is 5.32 Å². The van der Waals surface area contributed by atoms with E-state index in [4.69, 9.17) is 11.6 Å². The standard InChI is InChI=1S/C18H15ClFN5S/c1-10-15(19)14-16(22-9-12-3-5-13(20)6-4-12)23-18(24-17(14)26-10)25-8-7-21-11(25)2/h3-8H,9H2,1-2H3,(H,22,23,24). The van der Waals surface area contributed by atoms with Crippen molar-refractivity contribution in [2.24, 2.45) is 0 Å². The molecule has 0 aliphatic rings. The van der Waals surface area contributed by atoms with Gasteiger partial charge in [0.15, 0.2) is 0 Å². The van der Waals surface area contributed by atoms with Gasteiger partial charge in [-0.1, -0.05) is 23.7 Å². The van der Waals surface area contributed by atoms with Gasteiger partial charge in [-0.2, -0.15) is 4.98 Å². The quantitative estimate of drug-likeness (QED) is 0.541. The zero-order valence-electron chi connectivity index (χ0n) is 14.1. The van der Waals surface area contributed by atoms with Gasteiger partial charge in [-0.25, -0.2) is 14.4 Å². The molecule has 26 heavy (non-hydrogen) atoms. The minimum atomic E-state index is -0.257. The summed E-state index contributed by atoms with van der Waals surface area (Å²) in [4.78, 5) is 15.3. The van der Waals surface area contributed by atoms with E-state index in [1.165, 1.54) is 23.5 Å². The fourth-order valence-electron chi connectivity index (χ4n) is 2.68. The van der Waals surface area contributed by atoms with Crippen molar-refractivity contribution in [1.82, 2.24) is 19.5 Å². The SMILES string of the molecule is Cc1sc2nc(-n3ccnc3C)nc(NCc3ccc(F)cc3)c2c1Cl. The second-order valence-electron chi connectivity index (χ2n) is 5.85. The Labute approximate surface area is 158 Å². The van der Waals surface area contributed by atoms with Gasteiger partial charge in [0.25, 0.3) is 0 Å². The van der Waals surface area contributed by atoms with Gasteiger partial charge in [-0.05, 0) is 31.5 Å². The fraction of sp³-hybridized carbons (Fsp3) is 0.167. The molecule has 0 aliphatic heterocycles. The van der Waals surface area contributed by atoms with E-state index in [0.29, 0.717) is 23.3 Å². The van der Waals surface area contributed by atoms with E-state index in [-0.39, 0.29) is 5.82 Å². The molecule has 0 amide bonds. The number of thiophene rings is 1. The number of nitrogens with zero attached hydrogens (tertiary/aromatic N) is 4. The normalized spacial score (nSPS) is 11.2. The van der Waals surface area contributed by atoms with Gasteiger partial charge in [0.2, 0.25) is 5.95 Å². The molecule has 0 spiro atoms. The van der Waals surface area contributed by atoms with Crippen molar-refractivity contribution in [3.05, 3.63) is 63.8 Å². The molecule has 3 aromatic heterocycles. The molecule has 0 saturated heterocycles. The second kappa shape index (κ2) is 6.66. The number of hydrogen-bond acceptors (Lipinski definition) is 5. The lowest BCUT2D eigenvalue weighted by Gasteiger charge is -2.10. The average Bonchev–Trinajstić information content (AvgIpc) is 3.17. The molecule has 132 valence electrons. The maximum Gasteiger partial charge on any atom is 0.238 e. The Morgan fingerprint density at radius 1 is 1.19 bits per heavy atom. The Morgan fingerprint density at radius 2 is 1.96 bits per heavy atom. The molecule has 0 bridgehead atoms. The predicted octanol–water partition coefficient (Wildman–Crippen LogP) is 4.90. The number of nitrogens with one attached hydrogen (secondary N) is 1. The minimum Gasteiger partial charge on any atom is -0.365 e. The van der Waals surface area contributed by atoms with Gasteiger partial charge in [0.05, 0.1) is 10.4 Å². The third-order valence-electron chi connectivity index (χ3n) is 4.06. The number of imidazole rings is 1. The Kier molecular flexibility index (Phi) is 4.34. The molecule has 5 nitrogen and oxygen atoms in total. The predicted molar refractivity (Wildman–Crippen MR) is 103 cm³/mol. The second-order valence-corrected chi connectivity index (χ2v) is 7.43. The van der Waals surface area contributed by atoms with Crippen molar-refractivity contribution >= 4 is 39.0 Å². The van der Waals surface area contributed by atoms with Crippen LogP contribution in [0.15, 0.2) is 36.7 Å². The van der Waals surface area contributed by atoms with E-state index in [9.17, 15) is 4.39 Å². The molecular weight excluding hydrogens is 373 g/mol. The smallest absolute Gasteiger partial charge is 0.238 e. The summed E-state index contributed by atoms with van der Waals surface area (Å²) in [7, 11) is 0. The highest BCUT2D eigenvalue weighted by Gasteiger charge is 2.17. The van der Waals surface area contributed by atoms with Crippen LogP contribution in [0.4, 0.5) is 10.2 Å². The van der Waals surface area contributed by atoms with Crippen LogP contribution >= 0.6 is 22.9 Å². The zero-order valence-corrected chi connectivity index (χ0v) is 15.7. The lowest BCUT2D eigenvalue weighted by molar-refractivity contribution is 0.627. The highest BCUT2D eigenvalue weighted by molar-refractivity contribution is 7.19. The molecule has 0 saturated carbocycles. The summed E-state index contributed by atoms with van der Waals surface area (Å²) >= 11 is 8.01. The van der Waals surface area contributed by atoms with Crippen molar-refractivity contribution in [2.45, 2.75) is 20.4 Å². The monoisotopic (exact) mass is 387 g/mol. The summed E-state index contributed by atoms with van der Waals surface area (Å²) in [5.74, 6) is 1.73. The number of aryl methyl sites for hydroxylation is 2. The number of benzene rings is 1. The first-order valence-electron chi connectivity index (χ1n) is 7.98. The molecule has 3 heterocycles. The first kappa shape index (κ1) is 16.9. The van der Waals surface area contributed by atoms with Crippen LogP contribution in [0.25, 0.3) is 16.2 Å². The summed E-state index contributed by atoms with van der Waals surface area (Å²) in [5.41, 5.74) is 0.946. The van der Waals surface area contributed by atoms with Crippen LogP contribution in [-0.2, 0) is 6.54 Å². The van der Waals surface area contributed by atoms with Crippen LogP contribution in [-0.4, -0.2) is 19.5 Å². The number of fused-ring (bicyclic) bond motifs is 1. The van der Waals surface area contributed by atoms with Crippen molar-refractivity contribution in [2.75, 3.05) is 5.32 Å². The topological polar surface area (TPSA) is 55.6 Å². The Bertz CT molecular complexity index is 1090. The zero-order chi connectivity index (χ0) is 18.3. The van der Waals surface area contributed by atoms with Gasteiger partial charge in [-0.3, -0.25) is 4.57 Å². The number of anilines is 1. The van der Waals surface area contributed by atoms with Crippen LogP contribution in [0.5, 0.6) is 0 Å². The number of halogens is 2. The highest BCUT2D eigenvalue weighted by Crippen LogP contribution is 2.38. The maximum atomic E-state index is 13.1. The molecule has 0 unspecified atom stereocenters. The number of aromatic nitrogens is 4. The van der Waals surface area contributed by atoms with Crippen LogP contribution in [0, 0.1) is 19.7 Å². The summed E-state index contributed by atoms with van der Waals surface area (Å²) in [6.45, 7) is 4.35. The Morgan fingerprint density at radius 3 is 2.65 bits per heavy atom. The third kappa shape index (κ3) is 3.04. The molecule has 0 radical (unpaired) electrons. The molecule has 0 atom stereocenters. The largest absolute Gasteiger partial charge is 0.365 e. The molecule has 1 N–H and O–H groups in total.